The second kappa shape index (κ2) is 8.33. The predicted octanol–water partition coefficient (Wildman–Crippen LogP) is 3.65. The highest BCUT2D eigenvalue weighted by Gasteiger charge is 2.37. The molecule has 1 aromatic carbocycles. The van der Waals surface area contributed by atoms with Gasteiger partial charge in [-0.15, -0.1) is 0 Å². The molecule has 0 atom stereocenters. The first-order valence-corrected chi connectivity index (χ1v) is 8.37. The number of benzene rings is 1. The van der Waals surface area contributed by atoms with E-state index in [0.29, 0.717) is 0 Å². The van der Waals surface area contributed by atoms with Gasteiger partial charge in [0.2, 0.25) is 5.69 Å². The van der Waals surface area contributed by atoms with Gasteiger partial charge in [-0.2, -0.15) is 13.2 Å². The van der Waals surface area contributed by atoms with Crippen LogP contribution in [0.15, 0.2) is 12.1 Å². The zero-order valence-corrected chi connectivity index (χ0v) is 14.7. The zero-order chi connectivity index (χ0) is 20.2. The van der Waals surface area contributed by atoms with Crippen molar-refractivity contribution in [1.29, 1.82) is 0 Å². The number of halogens is 3. The zero-order valence-electron chi connectivity index (χ0n) is 13.8. The Labute approximate surface area is 156 Å². The molecule has 1 saturated carbocycles. The van der Waals surface area contributed by atoms with Gasteiger partial charge in [0.25, 0.3) is 0 Å². The van der Waals surface area contributed by atoms with Gasteiger partial charge in [-0.3, -0.25) is 31.1 Å². The highest BCUT2D eigenvalue weighted by atomic mass is 32.1. The maximum atomic E-state index is 12.9. The van der Waals surface area contributed by atoms with E-state index in [1.807, 2.05) is 0 Å². The van der Waals surface area contributed by atoms with Gasteiger partial charge in [0.1, 0.15) is 0 Å². The summed E-state index contributed by atoms with van der Waals surface area (Å²) in [5, 5.41) is 25.3. The van der Waals surface area contributed by atoms with Crippen LogP contribution < -0.4 is 16.2 Å². The molecule has 2 rings (SSSR count). The molecule has 1 aliphatic rings. The summed E-state index contributed by atoms with van der Waals surface area (Å²) in [7, 11) is 0. The van der Waals surface area contributed by atoms with E-state index in [9.17, 15) is 33.4 Å². The van der Waals surface area contributed by atoms with E-state index in [1.54, 1.807) is 0 Å². The van der Waals surface area contributed by atoms with Crippen molar-refractivity contribution in [3.05, 3.63) is 37.9 Å². The number of thiocarbonyl (C=S) groups is 1. The molecule has 0 bridgehead atoms. The summed E-state index contributed by atoms with van der Waals surface area (Å²) in [6.45, 7) is 0. The maximum absolute atomic E-state index is 12.9. The number of anilines is 1. The third kappa shape index (κ3) is 5.39. The van der Waals surface area contributed by atoms with E-state index >= 15 is 0 Å². The Kier molecular flexibility index (Phi) is 6.36. The maximum Gasteiger partial charge on any atom is 0.416 e. The van der Waals surface area contributed by atoms with Crippen molar-refractivity contribution in [3.63, 3.8) is 0 Å². The van der Waals surface area contributed by atoms with Crippen LogP contribution in [0.5, 0.6) is 0 Å². The molecule has 0 amide bonds. The Morgan fingerprint density at radius 2 is 1.59 bits per heavy atom. The highest BCUT2D eigenvalue weighted by molar-refractivity contribution is 7.80. The van der Waals surface area contributed by atoms with Crippen molar-refractivity contribution in [1.82, 2.24) is 10.7 Å². The molecule has 0 radical (unpaired) electrons. The molecule has 1 aliphatic carbocycles. The normalized spacial score (nSPS) is 15.1. The van der Waals surface area contributed by atoms with Gasteiger partial charge in [-0.1, -0.05) is 19.3 Å². The van der Waals surface area contributed by atoms with Crippen molar-refractivity contribution in [2.45, 2.75) is 44.3 Å². The molecule has 9 nitrogen and oxygen atoms in total. The molecule has 1 fully saturated rings. The Morgan fingerprint density at radius 1 is 1.07 bits per heavy atom. The quantitative estimate of drug-likeness (QED) is 0.384. The lowest BCUT2D eigenvalue weighted by Gasteiger charge is -2.24. The fraction of sp³-hybridized carbons (Fsp3) is 0.500. The number of nitrogens with zero attached hydrogens (tertiary/aromatic N) is 2. The summed E-state index contributed by atoms with van der Waals surface area (Å²) in [5.74, 6) is 0. The van der Waals surface area contributed by atoms with Crippen LogP contribution in [0, 0.1) is 20.2 Å². The average Bonchev–Trinajstić information content (AvgIpc) is 2.59. The first-order valence-electron chi connectivity index (χ1n) is 7.96. The molecule has 1 aromatic rings. The largest absolute Gasteiger partial charge is 0.416 e. The molecule has 0 heterocycles. The van der Waals surface area contributed by atoms with Crippen LogP contribution in [-0.4, -0.2) is 21.0 Å². The minimum Gasteiger partial charge on any atom is -0.359 e. The van der Waals surface area contributed by atoms with Crippen LogP contribution >= 0.6 is 12.2 Å². The Bertz CT molecular complexity index is 718. The van der Waals surface area contributed by atoms with E-state index < -0.39 is 38.6 Å². The van der Waals surface area contributed by atoms with Gasteiger partial charge in [-0.25, -0.2) is 0 Å². The summed E-state index contributed by atoms with van der Waals surface area (Å²) in [6.07, 6.45) is -0.0716. The summed E-state index contributed by atoms with van der Waals surface area (Å²) < 4.78 is 38.6. The van der Waals surface area contributed by atoms with E-state index in [1.165, 1.54) is 0 Å². The van der Waals surface area contributed by atoms with Gasteiger partial charge in [0.15, 0.2) is 5.11 Å². The smallest absolute Gasteiger partial charge is 0.359 e. The number of hydrogen-bond donors (Lipinski definition) is 3. The molecule has 0 aliphatic heterocycles. The molecule has 27 heavy (non-hydrogen) atoms. The fourth-order valence-electron chi connectivity index (χ4n) is 2.78. The minimum atomic E-state index is -4.97. The fourth-order valence-corrected chi connectivity index (χ4v) is 3.00. The monoisotopic (exact) mass is 407 g/mol. The van der Waals surface area contributed by atoms with Crippen LogP contribution in [0.2, 0.25) is 0 Å². The topological polar surface area (TPSA) is 122 Å². The Morgan fingerprint density at radius 3 is 2.04 bits per heavy atom. The summed E-state index contributed by atoms with van der Waals surface area (Å²) in [4.78, 5) is 20.0. The van der Waals surface area contributed by atoms with E-state index in [0.717, 1.165) is 32.1 Å². The van der Waals surface area contributed by atoms with E-state index in [4.69, 9.17) is 12.2 Å². The summed E-state index contributed by atoms with van der Waals surface area (Å²) in [5.41, 5.74) is 0.189. The van der Waals surface area contributed by atoms with E-state index in [2.05, 4.69) is 16.2 Å². The van der Waals surface area contributed by atoms with Crippen molar-refractivity contribution in [3.8, 4) is 0 Å². The number of rotatable bonds is 5. The molecular formula is C14H16F3N5O4S. The summed E-state index contributed by atoms with van der Waals surface area (Å²) >= 11 is 5.03. The molecular weight excluding hydrogens is 391 g/mol. The van der Waals surface area contributed by atoms with Crippen molar-refractivity contribution in [2.75, 3.05) is 5.43 Å². The summed E-state index contributed by atoms with van der Waals surface area (Å²) in [6, 6.07) is 0.557. The molecule has 13 heteroatoms. The molecule has 0 spiro atoms. The first kappa shape index (κ1) is 20.6. The minimum absolute atomic E-state index is 0.0328. The number of hydrazine groups is 1. The van der Waals surface area contributed by atoms with Gasteiger partial charge < -0.3 is 5.32 Å². The highest BCUT2D eigenvalue weighted by Crippen LogP contribution is 2.40. The first-order chi connectivity index (χ1) is 12.6. The number of nitro benzene ring substituents is 2. The average molecular weight is 407 g/mol. The number of nitro groups is 2. The van der Waals surface area contributed by atoms with E-state index in [-0.39, 0.29) is 23.3 Å². The third-order valence-corrected chi connectivity index (χ3v) is 4.28. The van der Waals surface area contributed by atoms with Crippen LogP contribution in [0.1, 0.15) is 37.7 Å². The van der Waals surface area contributed by atoms with Crippen LogP contribution in [-0.2, 0) is 6.18 Å². The lowest BCUT2D eigenvalue weighted by Crippen LogP contribution is -2.44. The molecule has 148 valence electrons. The SMILES string of the molecule is O=[N+]([O-])c1cc(C(F)(F)F)cc([N+](=O)[O-])c1NNC(=S)NC1CCCCC1. The lowest BCUT2D eigenvalue weighted by molar-refractivity contribution is -0.392. The lowest BCUT2D eigenvalue weighted by atomic mass is 9.96. The molecule has 3 N–H and O–H groups in total. The van der Waals surface area contributed by atoms with Gasteiger partial charge >= 0.3 is 17.6 Å². The number of nitrogens with one attached hydrogen (secondary N) is 3. The Hall–Kier alpha value is -2.70. The number of hydrogen-bond acceptors (Lipinski definition) is 6. The second-order valence-corrected chi connectivity index (χ2v) is 6.37. The molecule has 0 aromatic heterocycles. The third-order valence-electron chi connectivity index (χ3n) is 4.06. The predicted molar refractivity (Wildman–Crippen MR) is 94.1 cm³/mol. The molecule has 0 saturated heterocycles. The van der Waals surface area contributed by atoms with Crippen molar-refractivity contribution in [2.24, 2.45) is 0 Å². The molecule has 0 unspecified atom stereocenters. The van der Waals surface area contributed by atoms with Crippen LogP contribution in [0.25, 0.3) is 0 Å². The second-order valence-electron chi connectivity index (χ2n) is 5.96. The van der Waals surface area contributed by atoms with Gasteiger partial charge in [0.05, 0.1) is 15.4 Å². The van der Waals surface area contributed by atoms with Gasteiger partial charge in [-0.05, 0) is 25.1 Å². The van der Waals surface area contributed by atoms with Crippen molar-refractivity contribution >= 4 is 34.4 Å². The van der Waals surface area contributed by atoms with Gasteiger partial charge in [0, 0.05) is 18.2 Å². The number of alkyl halides is 3. The van der Waals surface area contributed by atoms with Crippen molar-refractivity contribution < 1.29 is 23.0 Å². The van der Waals surface area contributed by atoms with Crippen LogP contribution in [0.3, 0.4) is 0 Å². The Balaban J connectivity index is 2.24. The standard InChI is InChI=1S/C14H16F3N5O4S/c15-14(16,17)8-6-10(21(23)24)12(11(7-8)22(25)26)19-20-13(27)18-9-4-2-1-3-5-9/h6-7,9,19H,1-5H2,(H2,18,20,27). The van der Waals surface area contributed by atoms with Crippen LogP contribution in [0.4, 0.5) is 30.2 Å².